The first kappa shape index (κ1) is 22.6. The van der Waals surface area contributed by atoms with Gasteiger partial charge in [0, 0.05) is 31.6 Å². The molecule has 0 saturated carbocycles. The average Bonchev–Trinajstić information content (AvgIpc) is 2.62. The van der Waals surface area contributed by atoms with Gasteiger partial charge in [0.15, 0.2) is 11.5 Å². The highest BCUT2D eigenvalue weighted by molar-refractivity contribution is 5.85. The van der Waals surface area contributed by atoms with Crippen LogP contribution < -0.4 is 9.47 Å². The Morgan fingerprint density at radius 3 is 2.46 bits per heavy atom. The van der Waals surface area contributed by atoms with Crippen LogP contribution in [0.25, 0.3) is 0 Å². The summed E-state index contributed by atoms with van der Waals surface area (Å²) < 4.78 is 10.7. The van der Waals surface area contributed by atoms with Crippen LogP contribution in [0.2, 0.25) is 0 Å². The van der Waals surface area contributed by atoms with Gasteiger partial charge in [-0.3, -0.25) is 4.79 Å². The van der Waals surface area contributed by atoms with Crippen LogP contribution in [0, 0.1) is 5.92 Å². The molecule has 3 unspecified atom stereocenters. The number of rotatable bonds is 6. The molecule has 1 heterocycles. The molecule has 0 aromatic heterocycles. The van der Waals surface area contributed by atoms with Crippen LogP contribution in [-0.2, 0) is 11.3 Å². The summed E-state index contributed by atoms with van der Waals surface area (Å²) in [7, 11) is 5.43. The maximum Gasteiger partial charge on any atom is 0.222 e. The van der Waals surface area contributed by atoms with Gasteiger partial charge in [-0.25, -0.2) is 0 Å². The number of nitrogens with zero attached hydrogens (tertiary/aromatic N) is 2. The molecule has 1 aliphatic heterocycles. The number of carbonyl (C=O) groups is 1. The van der Waals surface area contributed by atoms with Crippen molar-refractivity contribution in [1.82, 2.24) is 9.80 Å². The lowest BCUT2D eigenvalue weighted by molar-refractivity contribution is -0.136. The van der Waals surface area contributed by atoms with E-state index < -0.39 is 0 Å². The second-order valence-electron chi connectivity index (χ2n) is 7.13. The van der Waals surface area contributed by atoms with Crippen LogP contribution in [0.3, 0.4) is 0 Å². The van der Waals surface area contributed by atoms with Crippen molar-refractivity contribution in [1.29, 1.82) is 0 Å². The van der Waals surface area contributed by atoms with Crippen LogP contribution in [0.4, 0.5) is 0 Å². The number of hydrogen-bond donors (Lipinski definition) is 0. The zero-order valence-corrected chi connectivity index (χ0v) is 17.6. The fraction of sp³-hybridized carbons (Fsp3) is 0.650. The SMILES string of the molecule is CCC(=O)N(Cc1ccc(OC)c(OC)c1)C1CC(C)N(C)CC1C.Cl. The summed E-state index contributed by atoms with van der Waals surface area (Å²) in [5, 5.41) is 0. The minimum absolute atomic E-state index is 0. The predicted molar refractivity (Wildman–Crippen MR) is 107 cm³/mol. The van der Waals surface area contributed by atoms with Gasteiger partial charge in [0.2, 0.25) is 5.91 Å². The molecule has 1 saturated heterocycles. The smallest absolute Gasteiger partial charge is 0.222 e. The van der Waals surface area contributed by atoms with Gasteiger partial charge in [0.25, 0.3) is 0 Å². The molecule has 1 fully saturated rings. The Labute approximate surface area is 164 Å². The Hall–Kier alpha value is -1.46. The quantitative estimate of drug-likeness (QED) is 0.751. The van der Waals surface area contributed by atoms with Crippen molar-refractivity contribution < 1.29 is 14.3 Å². The number of halogens is 1. The Bertz CT molecular complexity index is 596. The number of ether oxygens (including phenoxy) is 2. The van der Waals surface area contributed by atoms with Crippen LogP contribution in [-0.4, -0.2) is 55.6 Å². The Balaban J connectivity index is 0.00000338. The van der Waals surface area contributed by atoms with Gasteiger partial charge in [0.05, 0.1) is 14.2 Å². The molecule has 0 N–H and O–H groups in total. The first-order valence-electron chi connectivity index (χ1n) is 9.11. The van der Waals surface area contributed by atoms with E-state index in [1.165, 1.54) is 0 Å². The van der Waals surface area contributed by atoms with Gasteiger partial charge < -0.3 is 19.3 Å². The molecule has 0 radical (unpaired) electrons. The fourth-order valence-corrected chi connectivity index (χ4v) is 3.72. The minimum Gasteiger partial charge on any atom is -0.493 e. The number of hydrogen-bond acceptors (Lipinski definition) is 4. The summed E-state index contributed by atoms with van der Waals surface area (Å²) >= 11 is 0. The first-order valence-corrected chi connectivity index (χ1v) is 9.11. The number of amides is 1. The summed E-state index contributed by atoms with van der Waals surface area (Å²) in [6.07, 6.45) is 1.54. The van der Waals surface area contributed by atoms with E-state index in [1.807, 2.05) is 25.1 Å². The number of likely N-dealkylation sites (tertiary alicyclic amines) is 1. The second-order valence-corrected chi connectivity index (χ2v) is 7.13. The third-order valence-electron chi connectivity index (χ3n) is 5.39. The van der Waals surface area contributed by atoms with Crippen molar-refractivity contribution in [3.63, 3.8) is 0 Å². The third-order valence-corrected chi connectivity index (χ3v) is 5.39. The van der Waals surface area contributed by atoms with E-state index in [0.29, 0.717) is 36.4 Å². The molecule has 26 heavy (non-hydrogen) atoms. The highest BCUT2D eigenvalue weighted by atomic mass is 35.5. The maximum absolute atomic E-state index is 12.7. The zero-order chi connectivity index (χ0) is 18.6. The molecular weight excluding hydrogens is 352 g/mol. The molecule has 1 aliphatic rings. The van der Waals surface area contributed by atoms with Crippen molar-refractivity contribution in [3.8, 4) is 11.5 Å². The van der Waals surface area contributed by atoms with Gasteiger partial charge in [-0.15, -0.1) is 12.4 Å². The fourth-order valence-electron chi connectivity index (χ4n) is 3.72. The first-order chi connectivity index (χ1) is 11.9. The monoisotopic (exact) mass is 384 g/mol. The molecule has 0 bridgehead atoms. The average molecular weight is 385 g/mol. The standard InChI is InChI=1S/C20H32N2O3.ClH/c1-7-20(23)22(17-10-15(3)21(4)12-14(17)2)13-16-8-9-18(24-5)19(11-16)25-6;/h8-9,11,14-15,17H,7,10,12-13H2,1-6H3;1H. The van der Waals surface area contributed by atoms with Crippen molar-refractivity contribution >= 4 is 18.3 Å². The van der Waals surface area contributed by atoms with Crippen molar-refractivity contribution in [2.75, 3.05) is 27.8 Å². The van der Waals surface area contributed by atoms with E-state index in [2.05, 4.69) is 30.7 Å². The van der Waals surface area contributed by atoms with Gasteiger partial charge >= 0.3 is 0 Å². The Morgan fingerprint density at radius 1 is 1.23 bits per heavy atom. The summed E-state index contributed by atoms with van der Waals surface area (Å²) in [5.74, 6) is 2.08. The van der Waals surface area contributed by atoms with Crippen molar-refractivity contribution in [2.24, 2.45) is 5.92 Å². The molecule has 1 aromatic carbocycles. The molecule has 1 aromatic rings. The topological polar surface area (TPSA) is 42.0 Å². The van der Waals surface area contributed by atoms with Gasteiger partial charge in [-0.1, -0.05) is 19.9 Å². The second kappa shape index (κ2) is 10.0. The highest BCUT2D eigenvalue weighted by Gasteiger charge is 2.34. The normalized spacial score (nSPS) is 23.1. The summed E-state index contributed by atoms with van der Waals surface area (Å²) in [6.45, 7) is 8.05. The van der Waals surface area contributed by atoms with Gasteiger partial charge in [-0.2, -0.15) is 0 Å². The van der Waals surface area contributed by atoms with E-state index >= 15 is 0 Å². The van der Waals surface area contributed by atoms with Gasteiger partial charge in [0.1, 0.15) is 0 Å². The molecular formula is C20H33ClN2O3. The minimum atomic E-state index is 0. The number of piperidine rings is 1. The molecule has 148 valence electrons. The number of methoxy groups -OCH3 is 2. The van der Waals surface area contributed by atoms with E-state index in [0.717, 1.165) is 18.5 Å². The molecule has 0 aliphatic carbocycles. The lowest BCUT2D eigenvalue weighted by atomic mass is 9.88. The molecule has 2 rings (SSSR count). The van der Waals surface area contributed by atoms with Gasteiger partial charge in [-0.05, 0) is 44.0 Å². The molecule has 6 heteroatoms. The van der Waals surface area contributed by atoms with Crippen molar-refractivity contribution in [3.05, 3.63) is 23.8 Å². The lowest BCUT2D eigenvalue weighted by Crippen LogP contribution is -2.53. The van der Waals surface area contributed by atoms with E-state index in [4.69, 9.17) is 9.47 Å². The predicted octanol–water partition coefficient (Wildman–Crippen LogP) is 3.59. The highest BCUT2D eigenvalue weighted by Crippen LogP contribution is 2.31. The van der Waals surface area contributed by atoms with E-state index in [9.17, 15) is 4.79 Å². The number of benzene rings is 1. The zero-order valence-electron chi connectivity index (χ0n) is 16.8. The van der Waals surface area contributed by atoms with Crippen LogP contribution in [0.5, 0.6) is 11.5 Å². The molecule has 3 atom stereocenters. The maximum atomic E-state index is 12.7. The van der Waals surface area contributed by atoms with Crippen molar-refractivity contribution in [2.45, 2.75) is 52.2 Å². The van der Waals surface area contributed by atoms with Crippen LogP contribution >= 0.6 is 12.4 Å². The summed E-state index contributed by atoms with van der Waals surface area (Å²) in [4.78, 5) is 17.1. The number of carbonyl (C=O) groups excluding carboxylic acids is 1. The third kappa shape index (κ3) is 5.04. The summed E-state index contributed by atoms with van der Waals surface area (Å²) in [5.41, 5.74) is 1.07. The molecule has 0 spiro atoms. The largest absolute Gasteiger partial charge is 0.493 e. The summed E-state index contributed by atoms with van der Waals surface area (Å²) in [6, 6.07) is 6.65. The molecule has 1 amide bonds. The lowest BCUT2D eigenvalue weighted by Gasteiger charge is -2.45. The molecule has 5 nitrogen and oxygen atoms in total. The van der Waals surface area contributed by atoms with Crippen LogP contribution in [0.1, 0.15) is 39.2 Å². The van der Waals surface area contributed by atoms with Crippen LogP contribution in [0.15, 0.2) is 18.2 Å². The Kier molecular flexibility index (Phi) is 8.71. The van der Waals surface area contributed by atoms with E-state index in [-0.39, 0.29) is 24.4 Å². The Morgan fingerprint density at radius 2 is 1.88 bits per heavy atom. The van der Waals surface area contributed by atoms with E-state index in [1.54, 1.807) is 14.2 Å².